The predicted octanol–water partition coefficient (Wildman–Crippen LogP) is 14.8. The molecule has 2 fully saturated rings. The molecule has 2 aliphatic carbocycles. The molecular formula is C72H65F6N11O2. The Morgan fingerprint density at radius 1 is 0.516 bits per heavy atom. The van der Waals surface area contributed by atoms with E-state index in [1.165, 1.54) is 0 Å². The van der Waals surface area contributed by atoms with E-state index in [0.717, 1.165) is 114 Å². The Morgan fingerprint density at radius 3 is 1.56 bits per heavy atom. The van der Waals surface area contributed by atoms with Gasteiger partial charge >= 0.3 is 12.4 Å². The molecule has 2 amide bonds. The molecule has 0 spiro atoms. The van der Waals surface area contributed by atoms with Crippen molar-refractivity contribution in [2.45, 2.75) is 62.7 Å². The topological polar surface area (TPSA) is 173 Å². The van der Waals surface area contributed by atoms with Crippen molar-refractivity contribution in [3.05, 3.63) is 256 Å². The fraction of sp³-hybridized carbons (Fsp3) is 0.222. The van der Waals surface area contributed by atoms with Gasteiger partial charge in [0.25, 0.3) is 11.8 Å². The third-order valence-corrected chi connectivity index (χ3v) is 17.2. The minimum atomic E-state index is -4.87. The summed E-state index contributed by atoms with van der Waals surface area (Å²) in [7, 11) is 4.02. The van der Waals surface area contributed by atoms with Crippen molar-refractivity contribution in [2.75, 3.05) is 42.7 Å². The van der Waals surface area contributed by atoms with Crippen molar-refractivity contribution >= 4 is 61.2 Å². The Kier molecular flexibility index (Phi) is 16.3. The molecule has 462 valence electrons. The molecule has 2 saturated carbocycles. The molecule has 8 N–H and O–H groups in total. The van der Waals surface area contributed by atoms with Crippen LogP contribution in [0.4, 0.5) is 43.4 Å². The zero-order chi connectivity index (χ0) is 63.3. The lowest BCUT2D eigenvalue weighted by Gasteiger charge is -2.24. The van der Waals surface area contributed by atoms with Crippen LogP contribution in [0.15, 0.2) is 194 Å². The number of benzene rings is 9. The monoisotopic (exact) mass is 1230 g/mol. The summed E-state index contributed by atoms with van der Waals surface area (Å²) in [5.41, 5.74) is 17.7. The Bertz CT molecular complexity index is 4570. The highest BCUT2D eigenvalue weighted by molar-refractivity contribution is 6.10. The van der Waals surface area contributed by atoms with Crippen LogP contribution in [0.2, 0.25) is 0 Å². The highest BCUT2D eigenvalue weighted by Crippen LogP contribution is 2.41. The molecule has 3 unspecified atom stereocenters. The second kappa shape index (κ2) is 24.6. The molecule has 13 rings (SSSR count). The van der Waals surface area contributed by atoms with E-state index >= 15 is 0 Å². The number of rotatable bonds is 20. The van der Waals surface area contributed by atoms with E-state index in [4.69, 9.17) is 11.5 Å². The van der Waals surface area contributed by atoms with Gasteiger partial charge in [0, 0.05) is 55.2 Å². The number of anilines is 3. The molecule has 2 heterocycles. The van der Waals surface area contributed by atoms with E-state index in [0.29, 0.717) is 46.4 Å². The number of carbonyl (C=O) groups excluding carboxylic acids is 2. The quantitative estimate of drug-likeness (QED) is 0.0321. The highest BCUT2D eigenvalue weighted by atomic mass is 19.4. The lowest BCUT2D eigenvalue weighted by Crippen LogP contribution is -2.25. The number of nitrogens with two attached hydrogens (primary N) is 2. The van der Waals surface area contributed by atoms with Gasteiger partial charge in [-0.2, -0.15) is 36.5 Å². The van der Waals surface area contributed by atoms with Gasteiger partial charge in [-0.1, -0.05) is 115 Å². The summed E-state index contributed by atoms with van der Waals surface area (Å²) in [6.07, 6.45) is -5.24. The summed E-state index contributed by atoms with van der Waals surface area (Å²) < 4.78 is 88.2. The largest absolute Gasteiger partial charge is 0.435 e. The Morgan fingerprint density at radius 2 is 1.01 bits per heavy atom. The fourth-order valence-electron chi connectivity index (χ4n) is 12.2. The Balaban J connectivity index is 0.788. The number of carbonyl (C=O) groups is 2. The molecule has 2 aromatic heterocycles. The number of hydrogen-bond acceptors (Lipinski definition) is 9. The van der Waals surface area contributed by atoms with Crippen molar-refractivity contribution in [3.8, 4) is 11.4 Å². The van der Waals surface area contributed by atoms with E-state index in [2.05, 4.69) is 66.7 Å². The van der Waals surface area contributed by atoms with Gasteiger partial charge in [0.1, 0.15) is 11.4 Å². The van der Waals surface area contributed by atoms with Crippen molar-refractivity contribution in [1.29, 1.82) is 0 Å². The summed E-state index contributed by atoms with van der Waals surface area (Å²) in [4.78, 5) is 30.6. The summed E-state index contributed by atoms with van der Waals surface area (Å²) in [5, 5.41) is 26.9. The van der Waals surface area contributed by atoms with E-state index in [1.54, 1.807) is 66.7 Å². The molecule has 0 bridgehead atoms. The van der Waals surface area contributed by atoms with Crippen molar-refractivity contribution in [2.24, 2.45) is 23.3 Å². The second-order valence-electron chi connectivity index (χ2n) is 23.9. The molecular weight excluding hydrogens is 1160 g/mol. The normalized spacial score (nSPS) is 14.6. The number of alkyl halides is 6. The van der Waals surface area contributed by atoms with Crippen molar-refractivity contribution < 1.29 is 35.9 Å². The van der Waals surface area contributed by atoms with Crippen LogP contribution in [-0.2, 0) is 18.9 Å². The Hall–Kier alpha value is -9.66. The predicted molar refractivity (Wildman–Crippen MR) is 345 cm³/mol. The molecule has 91 heavy (non-hydrogen) atoms. The van der Waals surface area contributed by atoms with Gasteiger partial charge in [0.05, 0.1) is 29.5 Å². The first-order chi connectivity index (χ1) is 43.8. The molecule has 19 heteroatoms. The van der Waals surface area contributed by atoms with Gasteiger partial charge in [0.2, 0.25) is 0 Å². The summed E-state index contributed by atoms with van der Waals surface area (Å²) in [6.45, 7) is 1.64. The third-order valence-electron chi connectivity index (χ3n) is 17.2. The first-order valence-corrected chi connectivity index (χ1v) is 30.3. The van der Waals surface area contributed by atoms with Crippen LogP contribution in [0.3, 0.4) is 0 Å². The fourth-order valence-corrected chi connectivity index (χ4v) is 12.2. The maximum atomic E-state index is 14.6. The lowest BCUT2D eigenvalue weighted by molar-refractivity contribution is -0.142. The van der Waals surface area contributed by atoms with Gasteiger partial charge in [-0.15, -0.1) is 0 Å². The van der Waals surface area contributed by atoms with Crippen LogP contribution in [0.5, 0.6) is 0 Å². The number of amides is 2. The van der Waals surface area contributed by atoms with Crippen LogP contribution in [0, 0.1) is 11.8 Å². The number of nitrogens with zero attached hydrogens (tertiary/aromatic N) is 5. The molecule has 3 atom stereocenters. The number of aromatic nitrogens is 4. The molecule has 0 radical (unpaired) electrons. The molecule has 2 aliphatic rings. The smallest absolute Gasteiger partial charge is 0.377 e. The van der Waals surface area contributed by atoms with Gasteiger partial charge in [-0.3, -0.25) is 9.59 Å². The van der Waals surface area contributed by atoms with Crippen LogP contribution < -0.4 is 37.6 Å². The minimum absolute atomic E-state index is 0.133. The first kappa shape index (κ1) is 60.3. The average molecular weight is 1230 g/mol. The SMILES string of the molecule is CN(C)c1ccc(C(NCC2CC2)c2cccc(NC(=O)c3cc(C(F)(F)F)nn3-c3cccc(C(N)c4ccc5cc(C(NCC6CC6)c6cccc(NC(=O)c7cc(C(F)(F)F)nn7-c7cccc(CN)c7)c6)c6ccccc6c5c4)c3)c2)c2ccccc12. The first-order valence-electron chi connectivity index (χ1n) is 30.3. The molecule has 0 aliphatic heterocycles. The summed E-state index contributed by atoms with van der Waals surface area (Å²) >= 11 is 0. The van der Waals surface area contributed by atoms with Crippen LogP contribution in [0.25, 0.3) is 43.7 Å². The Labute approximate surface area is 521 Å². The van der Waals surface area contributed by atoms with Gasteiger partial charge in [0.15, 0.2) is 11.4 Å². The summed E-state index contributed by atoms with van der Waals surface area (Å²) in [5.74, 6) is -0.548. The number of fused-ring (bicyclic) bond motifs is 4. The van der Waals surface area contributed by atoms with Crippen molar-refractivity contribution in [1.82, 2.24) is 30.2 Å². The number of hydrogen-bond donors (Lipinski definition) is 6. The van der Waals surface area contributed by atoms with Crippen LogP contribution in [-0.4, -0.2) is 58.6 Å². The summed E-state index contributed by atoms with van der Waals surface area (Å²) in [6, 6.07) is 56.4. The van der Waals surface area contributed by atoms with E-state index < -0.39 is 47.6 Å². The molecule has 11 aromatic rings. The van der Waals surface area contributed by atoms with Crippen LogP contribution in [0.1, 0.15) is 115 Å². The minimum Gasteiger partial charge on any atom is -0.377 e. The van der Waals surface area contributed by atoms with Crippen molar-refractivity contribution in [3.63, 3.8) is 0 Å². The van der Waals surface area contributed by atoms with Gasteiger partial charge in [-0.25, -0.2) is 9.36 Å². The highest BCUT2D eigenvalue weighted by Gasteiger charge is 2.38. The molecule has 9 aromatic carbocycles. The van der Waals surface area contributed by atoms with E-state index in [1.807, 2.05) is 99.0 Å². The number of halogens is 6. The maximum absolute atomic E-state index is 14.6. The zero-order valence-corrected chi connectivity index (χ0v) is 49.8. The van der Waals surface area contributed by atoms with Gasteiger partial charge < -0.3 is 37.6 Å². The third kappa shape index (κ3) is 12.8. The van der Waals surface area contributed by atoms with E-state index in [9.17, 15) is 35.9 Å². The second-order valence-corrected chi connectivity index (χ2v) is 23.9. The lowest BCUT2D eigenvalue weighted by atomic mass is 9.88. The maximum Gasteiger partial charge on any atom is 0.435 e. The molecule has 0 saturated heterocycles. The number of nitrogens with one attached hydrogen (secondary N) is 4. The zero-order valence-electron chi connectivity index (χ0n) is 49.8. The average Bonchev–Trinajstić information content (AvgIpc) is 1.83. The van der Waals surface area contributed by atoms with Crippen LogP contribution >= 0.6 is 0 Å². The van der Waals surface area contributed by atoms with E-state index in [-0.39, 0.29) is 35.3 Å². The standard InChI is InChI=1S/C72H65F6N11O2/c1-87(2)61-30-29-58(56-21-5-6-22-57(56)61)67(81-40-42-23-24-42)48-13-8-15-50(32-48)83-70(91)63-38-65(72(76,77)78)86-89(63)53-18-10-12-46(34-53)66(80)47-28-27-45-35-60(55-20-4-3-19-54(55)59(45)36-47)68(82-41-43-25-26-43)49-14-9-16-51(33-49)84-69(90)62-37-64(71(73,74)75)85-88(62)52-17-7-11-44(31-52)39-79/h3-22,27-38,42-43,66-68,81-82H,23-26,39-41,79-80H2,1-2H3,(H,83,91)(H,84,90). The van der Waals surface area contributed by atoms with Gasteiger partial charge in [-0.05, 0) is 183 Å². The molecule has 13 nitrogen and oxygen atoms in total.